The van der Waals surface area contributed by atoms with E-state index >= 15 is 0 Å². The van der Waals surface area contributed by atoms with Gasteiger partial charge in [0.05, 0.1) is 25.4 Å². The van der Waals surface area contributed by atoms with Gasteiger partial charge in [0.2, 0.25) is 5.91 Å². The van der Waals surface area contributed by atoms with E-state index in [9.17, 15) is 19.8 Å². The number of aliphatic hydroxyl groups excluding tert-OH is 2. The van der Waals surface area contributed by atoms with Crippen LogP contribution in [0.5, 0.6) is 0 Å². The van der Waals surface area contributed by atoms with Gasteiger partial charge in [-0.3, -0.25) is 9.59 Å². The lowest BCUT2D eigenvalue weighted by molar-refractivity contribution is -0.143. The molecule has 3 N–H and O–H groups in total. The molecule has 0 saturated carbocycles. The summed E-state index contributed by atoms with van der Waals surface area (Å²) in [6, 6.07) is -0.645. The summed E-state index contributed by atoms with van der Waals surface area (Å²) in [6.45, 7) is 4.86. The Bertz CT molecular complexity index is 1070. The maximum Gasteiger partial charge on any atom is 0.305 e. The topological polar surface area (TPSA) is 95.9 Å². The molecule has 0 aromatic carbocycles. The lowest BCUT2D eigenvalue weighted by atomic mass is 10.0. The van der Waals surface area contributed by atoms with E-state index in [0.717, 1.165) is 77.0 Å². The van der Waals surface area contributed by atoms with Crippen LogP contribution in [0.4, 0.5) is 0 Å². The van der Waals surface area contributed by atoms with Gasteiger partial charge in [0.25, 0.3) is 0 Å². The van der Waals surface area contributed by atoms with Crippen molar-refractivity contribution in [1.82, 2.24) is 5.32 Å². The second-order valence-corrected chi connectivity index (χ2v) is 20.0. The van der Waals surface area contributed by atoms with E-state index in [4.69, 9.17) is 4.74 Å². The van der Waals surface area contributed by atoms with Gasteiger partial charge in [0, 0.05) is 12.8 Å². The minimum absolute atomic E-state index is 0.0205. The zero-order chi connectivity index (χ0) is 47.9. The van der Waals surface area contributed by atoms with Gasteiger partial charge in [-0.25, -0.2) is 0 Å². The molecule has 1 amide bonds. The minimum Gasteiger partial charge on any atom is -0.466 e. The van der Waals surface area contributed by atoms with Crippen molar-refractivity contribution < 1.29 is 24.5 Å². The first kappa shape index (κ1) is 64.1. The summed E-state index contributed by atoms with van der Waals surface area (Å²) in [5.41, 5.74) is 0. The van der Waals surface area contributed by atoms with Crippen LogP contribution < -0.4 is 5.32 Å². The number of carbonyl (C=O) groups is 2. The number of aliphatic hydroxyl groups is 2. The van der Waals surface area contributed by atoms with Crippen LogP contribution in [-0.2, 0) is 14.3 Å². The second-order valence-electron chi connectivity index (χ2n) is 20.0. The third kappa shape index (κ3) is 51.5. The van der Waals surface area contributed by atoms with Crippen LogP contribution in [0.2, 0.25) is 0 Å². The standard InChI is InChI=1S/C60H113NO5/c1-3-5-7-9-11-13-15-17-19-20-21-22-23-25-28-32-36-40-44-48-52-58(63)57(56-62)61-59(64)53-49-45-41-37-33-29-26-24-27-31-35-39-43-47-51-55-66-60(65)54-50-46-42-38-34-30-18-16-14-12-10-8-6-4-2/h24,27,31,35,48,52,57-58,62-63H,3-23,25-26,28-30,32-34,36-47,49-51,53-56H2,1-2H3,(H,61,64)/b27-24-,35-31-,52-48+. The van der Waals surface area contributed by atoms with E-state index in [1.807, 2.05) is 6.08 Å². The van der Waals surface area contributed by atoms with Crippen molar-refractivity contribution >= 4 is 11.9 Å². The summed E-state index contributed by atoms with van der Waals surface area (Å²) in [6.07, 6.45) is 68.8. The number of hydrogen-bond acceptors (Lipinski definition) is 5. The maximum absolute atomic E-state index is 12.5. The SMILES string of the molecule is CCCCCCCCCCCCCCCCCCCC/C=C/C(O)C(CO)NC(=O)CCCCCCCC/C=C\C=C/CCCCCOC(=O)CCCCCCCCCCCCCCCC. The highest BCUT2D eigenvalue weighted by atomic mass is 16.5. The summed E-state index contributed by atoms with van der Waals surface area (Å²) in [4.78, 5) is 24.5. The molecule has 6 nitrogen and oxygen atoms in total. The van der Waals surface area contributed by atoms with Crippen molar-refractivity contribution in [3.05, 3.63) is 36.5 Å². The Labute approximate surface area is 411 Å². The number of rotatable bonds is 54. The van der Waals surface area contributed by atoms with E-state index < -0.39 is 12.1 Å². The summed E-state index contributed by atoms with van der Waals surface area (Å²) in [5, 5.41) is 23.1. The van der Waals surface area contributed by atoms with E-state index in [2.05, 4.69) is 43.5 Å². The van der Waals surface area contributed by atoms with Crippen molar-refractivity contribution in [3.8, 4) is 0 Å². The first-order chi connectivity index (χ1) is 32.5. The molecule has 6 heteroatoms. The minimum atomic E-state index is -0.860. The van der Waals surface area contributed by atoms with E-state index in [0.29, 0.717) is 19.4 Å². The highest BCUT2D eigenvalue weighted by molar-refractivity contribution is 5.76. The smallest absolute Gasteiger partial charge is 0.305 e. The van der Waals surface area contributed by atoms with Crippen molar-refractivity contribution in [2.45, 2.75) is 321 Å². The van der Waals surface area contributed by atoms with Crippen LogP contribution in [0.25, 0.3) is 0 Å². The maximum atomic E-state index is 12.5. The van der Waals surface area contributed by atoms with Gasteiger partial charge >= 0.3 is 5.97 Å². The fraction of sp³-hybridized carbons (Fsp3) is 0.867. The normalized spacial score (nSPS) is 12.8. The number of amides is 1. The predicted octanol–water partition coefficient (Wildman–Crippen LogP) is 18.0. The highest BCUT2D eigenvalue weighted by Gasteiger charge is 2.18. The van der Waals surface area contributed by atoms with Gasteiger partial charge in [-0.05, 0) is 64.2 Å². The molecule has 0 aliphatic heterocycles. The van der Waals surface area contributed by atoms with Crippen molar-refractivity contribution in [3.63, 3.8) is 0 Å². The molecule has 0 aromatic heterocycles. The summed E-state index contributed by atoms with van der Waals surface area (Å²) < 4.78 is 5.45. The Hall–Kier alpha value is -1.92. The molecule has 0 spiro atoms. The summed E-state index contributed by atoms with van der Waals surface area (Å²) in [5.74, 6) is -0.109. The fourth-order valence-electron chi connectivity index (χ4n) is 8.92. The van der Waals surface area contributed by atoms with E-state index in [1.54, 1.807) is 6.08 Å². The number of hydrogen-bond donors (Lipinski definition) is 3. The average Bonchev–Trinajstić information content (AvgIpc) is 3.32. The molecule has 0 heterocycles. The molecule has 0 aliphatic carbocycles. The van der Waals surface area contributed by atoms with E-state index in [1.165, 1.54) is 205 Å². The fourth-order valence-corrected chi connectivity index (χ4v) is 8.92. The summed E-state index contributed by atoms with van der Waals surface area (Å²) >= 11 is 0. The largest absolute Gasteiger partial charge is 0.466 e. The molecule has 388 valence electrons. The van der Waals surface area contributed by atoms with Gasteiger partial charge in [-0.1, -0.05) is 269 Å². The van der Waals surface area contributed by atoms with Gasteiger partial charge in [-0.15, -0.1) is 0 Å². The molecular formula is C60H113NO5. The third-order valence-corrected chi connectivity index (χ3v) is 13.4. The Balaban J connectivity index is 3.54. The lowest BCUT2D eigenvalue weighted by Gasteiger charge is -2.20. The molecule has 0 fully saturated rings. The third-order valence-electron chi connectivity index (χ3n) is 13.4. The first-order valence-electron chi connectivity index (χ1n) is 29.3. The quantitative estimate of drug-likeness (QED) is 0.0244. The second kappa shape index (κ2) is 55.7. The molecule has 0 aliphatic rings. The molecular weight excluding hydrogens is 815 g/mol. The van der Waals surface area contributed by atoms with Crippen LogP contribution in [-0.4, -0.2) is 47.4 Å². The van der Waals surface area contributed by atoms with Crippen LogP contribution in [0.1, 0.15) is 309 Å². The number of carbonyl (C=O) groups excluding carboxylic acids is 2. The molecule has 0 saturated heterocycles. The molecule has 0 aromatic rings. The molecule has 2 atom stereocenters. The molecule has 0 rings (SSSR count). The number of unbranched alkanes of at least 4 members (excludes halogenated alkanes) is 40. The molecule has 0 radical (unpaired) electrons. The average molecular weight is 929 g/mol. The van der Waals surface area contributed by atoms with Crippen molar-refractivity contribution in [1.29, 1.82) is 0 Å². The monoisotopic (exact) mass is 928 g/mol. The van der Waals surface area contributed by atoms with Gasteiger partial charge in [0.15, 0.2) is 0 Å². The molecule has 66 heavy (non-hydrogen) atoms. The van der Waals surface area contributed by atoms with Crippen molar-refractivity contribution in [2.75, 3.05) is 13.2 Å². The van der Waals surface area contributed by atoms with Crippen LogP contribution >= 0.6 is 0 Å². The number of ether oxygens (including phenoxy) is 1. The lowest BCUT2D eigenvalue weighted by Crippen LogP contribution is -2.45. The van der Waals surface area contributed by atoms with E-state index in [-0.39, 0.29) is 18.5 Å². The zero-order valence-corrected chi connectivity index (χ0v) is 44.2. The summed E-state index contributed by atoms with van der Waals surface area (Å²) in [7, 11) is 0. The Morgan fingerprint density at radius 2 is 0.742 bits per heavy atom. The Kier molecular flexibility index (Phi) is 54.1. The Morgan fingerprint density at radius 3 is 1.12 bits per heavy atom. The van der Waals surface area contributed by atoms with Gasteiger partial charge in [-0.2, -0.15) is 0 Å². The number of allylic oxidation sites excluding steroid dienone is 5. The highest BCUT2D eigenvalue weighted by Crippen LogP contribution is 2.17. The van der Waals surface area contributed by atoms with Crippen molar-refractivity contribution in [2.24, 2.45) is 0 Å². The molecule has 2 unspecified atom stereocenters. The van der Waals surface area contributed by atoms with Crippen LogP contribution in [0.15, 0.2) is 36.5 Å². The zero-order valence-electron chi connectivity index (χ0n) is 44.2. The van der Waals surface area contributed by atoms with Crippen LogP contribution in [0.3, 0.4) is 0 Å². The molecule has 0 bridgehead atoms. The predicted molar refractivity (Wildman–Crippen MR) is 287 cm³/mol. The number of nitrogens with one attached hydrogen (secondary N) is 1. The number of esters is 1. The van der Waals surface area contributed by atoms with Gasteiger partial charge in [0.1, 0.15) is 0 Å². The Morgan fingerprint density at radius 1 is 0.424 bits per heavy atom. The van der Waals surface area contributed by atoms with Crippen LogP contribution in [0, 0.1) is 0 Å². The first-order valence-corrected chi connectivity index (χ1v) is 29.3. The van der Waals surface area contributed by atoms with Gasteiger partial charge < -0.3 is 20.3 Å².